The lowest BCUT2D eigenvalue weighted by molar-refractivity contribution is -0.117. The molecule has 0 bridgehead atoms. The number of Topliss-reactive ketones (excluding diaryl/α,β-unsaturated/α-hetero) is 1. The standard InChI is InChI=1S/C18H21NO2S/c1-13-6-7-14(11-15(20)12-18-19-8-9-22-18)17(10-13)21-16-4-2-3-5-16/h6-10,16H,2-5,11-12H2,1H3. The average Bonchev–Trinajstić information content (AvgIpc) is 3.15. The van der Waals surface area contributed by atoms with Crippen molar-refractivity contribution in [3.63, 3.8) is 0 Å². The Hall–Kier alpha value is -1.68. The van der Waals surface area contributed by atoms with E-state index in [0.29, 0.717) is 18.9 Å². The van der Waals surface area contributed by atoms with Gasteiger partial charge >= 0.3 is 0 Å². The van der Waals surface area contributed by atoms with Crippen LogP contribution in [-0.4, -0.2) is 16.9 Å². The second kappa shape index (κ2) is 7.05. The van der Waals surface area contributed by atoms with Crippen LogP contribution in [0.4, 0.5) is 0 Å². The molecule has 0 atom stereocenters. The lowest BCUT2D eigenvalue weighted by atomic mass is 10.0. The fourth-order valence-corrected chi connectivity index (χ4v) is 3.53. The maximum atomic E-state index is 12.3. The average molecular weight is 315 g/mol. The molecular formula is C18H21NO2S. The number of aryl methyl sites for hydroxylation is 1. The fourth-order valence-electron chi connectivity index (χ4n) is 2.89. The van der Waals surface area contributed by atoms with Gasteiger partial charge < -0.3 is 4.74 Å². The van der Waals surface area contributed by atoms with Crippen molar-refractivity contribution in [3.8, 4) is 5.75 Å². The highest BCUT2D eigenvalue weighted by Crippen LogP contribution is 2.28. The number of benzene rings is 1. The van der Waals surface area contributed by atoms with Gasteiger partial charge in [0.05, 0.1) is 17.5 Å². The third-order valence-electron chi connectivity index (χ3n) is 4.04. The Balaban J connectivity index is 1.70. The van der Waals surface area contributed by atoms with Gasteiger partial charge in [-0.3, -0.25) is 4.79 Å². The normalized spacial score (nSPS) is 15.1. The van der Waals surface area contributed by atoms with E-state index < -0.39 is 0 Å². The number of carbonyl (C=O) groups excluding carboxylic acids is 1. The molecule has 0 N–H and O–H groups in total. The van der Waals surface area contributed by atoms with Crippen molar-refractivity contribution >= 4 is 17.1 Å². The molecule has 1 fully saturated rings. The molecule has 1 heterocycles. The van der Waals surface area contributed by atoms with Crippen molar-refractivity contribution in [3.05, 3.63) is 45.9 Å². The largest absolute Gasteiger partial charge is 0.490 e. The molecule has 2 aromatic rings. The van der Waals surface area contributed by atoms with Crippen molar-refractivity contribution < 1.29 is 9.53 Å². The van der Waals surface area contributed by atoms with Gasteiger partial charge in [0, 0.05) is 23.6 Å². The summed E-state index contributed by atoms with van der Waals surface area (Å²) in [5.41, 5.74) is 2.17. The molecule has 1 aliphatic carbocycles. The zero-order valence-electron chi connectivity index (χ0n) is 12.9. The number of hydrogen-bond donors (Lipinski definition) is 0. The van der Waals surface area contributed by atoms with E-state index in [0.717, 1.165) is 29.2 Å². The summed E-state index contributed by atoms with van der Waals surface area (Å²) in [7, 11) is 0. The first-order valence-electron chi connectivity index (χ1n) is 7.87. The first-order chi connectivity index (χ1) is 10.7. The van der Waals surface area contributed by atoms with Crippen LogP contribution in [0.1, 0.15) is 41.8 Å². The van der Waals surface area contributed by atoms with Crippen LogP contribution < -0.4 is 4.74 Å². The number of hydrogen-bond acceptors (Lipinski definition) is 4. The van der Waals surface area contributed by atoms with E-state index in [-0.39, 0.29) is 5.78 Å². The van der Waals surface area contributed by atoms with E-state index in [1.54, 1.807) is 6.20 Å². The van der Waals surface area contributed by atoms with Crippen LogP contribution in [-0.2, 0) is 17.6 Å². The number of ether oxygens (including phenoxy) is 1. The van der Waals surface area contributed by atoms with Crippen LogP contribution in [0.25, 0.3) is 0 Å². The Labute approximate surface area is 135 Å². The zero-order chi connectivity index (χ0) is 15.4. The Bertz CT molecular complexity index is 631. The van der Waals surface area contributed by atoms with Gasteiger partial charge in [0.25, 0.3) is 0 Å². The highest BCUT2D eigenvalue weighted by molar-refractivity contribution is 7.09. The third kappa shape index (κ3) is 3.95. The van der Waals surface area contributed by atoms with Gasteiger partial charge in [0.1, 0.15) is 11.5 Å². The number of rotatable bonds is 6. The fraction of sp³-hybridized carbons (Fsp3) is 0.444. The van der Waals surface area contributed by atoms with Crippen LogP contribution in [0.15, 0.2) is 29.8 Å². The number of thiazole rings is 1. The highest BCUT2D eigenvalue weighted by atomic mass is 32.1. The molecule has 4 heteroatoms. The van der Waals surface area contributed by atoms with Gasteiger partial charge in [-0.2, -0.15) is 0 Å². The van der Waals surface area contributed by atoms with Gasteiger partial charge in [-0.15, -0.1) is 11.3 Å². The van der Waals surface area contributed by atoms with Crippen molar-refractivity contribution in [1.82, 2.24) is 4.98 Å². The summed E-state index contributed by atoms with van der Waals surface area (Å²) in [5.74, 6) is 1.08. The van der Waals surface area contributed by atoms with Crippen molar-refractivity contribution in [2.45, 2.75) is 51.6 Å². The predicted octanol–water partition coefficient (Wildman–Crippen LogP) is 4.13. The molecule has 0 aliphatic heterocycles. The van der Waals surface area contributed by atoms with Crippen molar-refractivity contribution in [2.75, 3.05) is 0 Å². The Morgan fingerprint density at radius 3 is 2.86 bits per heavy atom. The van der Waals surface area contributed by atoms with Gasteiger partial charge in [0.2, 0.25) is 0 Å². The second-order valence-corrected chi connectivity index (χ2v) is 6.93. The first-order valence-corrected chi connectivity index (χ1v) is 8.75. The summed E-state index contributed by atoms with van der Waals surface area (Å²) < 4.78 is 6.16. The number of ketones is 1. The molecule has 0 unspecified atom stereocenters. The molecule has 116 valence electrons. The Morgan fingerprint density at radius 1 is 1.32 bits per heavy atom. The summed E-state index contributed by atoms with van der Waals surface area (Å²) in [5, 5.41) is 2.79. The van der Waals surface area contributed by atoms with E-state index in [2.05, 4.69) is 18.0 Å². The van der Waals surface area contributed by atoms with Gasteiger partial charge in [-0.1, -0.05) is 12.1 Å². The molecule has 1 saturated carbocycles. The SMILES string of the molecule is Cc1ccc(CC(=O)Cc2nccs2)c(OC2CCCC2)c1. The Kier molecular flexibility index (Phi) is 4.88. The maximum absolute atomic E-state index is 12.3. The van der Waals surface area contributed by atoms with E-state index in [4.69, 9.17) is 4.74 Å². The van der Waals surface area contributed by atoms with Gasteiger partial charge in [-0.25, -0.2) is 4.98 Å². The van der Waals surface area contributed by atoms with E-state index >= 15 is 0 Å². The molecule has 3 nitrogen and oxygen atoms in total. The predicted molar refractivity (Wildman–Crippen MR) is 88.6 cm³/mol. The number of carbonyl (C=O) groups is 1. The summed E-state index contributed by atoms with van der Waals surface area (Å²) in [6, 6.07) is 6.14. The minimum Gasteiger partial charge on any atom is -0.490 e. The minimum atomic E-state index is 0.190. The summed E-state index contributed by atoms with van der Waals surface area (Å²) in [6.45, 7) is 2.06. The van der Waals surface area contributed by atoms with E-state index in [1.807, 2.05) is 17.5 Å². The summed E-state index contributed by atoms with van der Waals surface area (Å²) >= 11 is 1.53. The summed E-state index contributed by atoms with van der Waals surface area (Å²) in [6.07, 6.45) is 7.63. The van der Waals surface area contributed by atoms with Crippen molar-refractivity contribution in [1.29, 1.82) is 0 Å². The van der Waals surface area contributed by atoms with Gasteiger partial charge in [-0.05, 0) is 44.2 Å². The molecule has 0 saturated heterocycles. The maximum Gasteiger partial charge on any atom is 0.144 e. The Morgan fingerprint density at radius 2 is 2.14 bits per heavy atom. The summed E-state index contributed by atoms with van der Waals surface area (Å²) in [4.78, 5) is 16.4. The van der Waals surface area contributed by atoms with Gasteiger partial charge in [0.15, 0.2) is 0 Å². The first kappa shape index (κ1) is 15.2. The second-order valence-electron chi connectivity index (χ2n) is 5.95. The smallest absolute Gasteiger partial charge is 0.144 e. The van der Waals surface area contributed by atoms with E-state index in [9.17, 15) is 4.79 Å². The molecule has 0 amide bonds. The quantitative estimate of drug-likeness (QED) is 0.804. The van der Waals surface area contributed by atoms with Crippen LogP contribution in [0, 0.1) is 6.92 Å². The molecule has 0 radical (unpaired) electrons. The lowest BCUT2D eigenvalue weighted by Crippen LogP contribution is -2.14. The number of nitrogens with zero attached hydrogens (tertiary/aromatic N) is 1. The van der Waals surface area contributed by atoms with Crippen molar-refractivity contribution in [2.24, 2.45) is 0 Å². The number of aromatic nitrogens is 1. The molecule has 1 aromatic carbocycles. The molecule has 3 rings (SSSR count). The molecular weight excluding hydrogens is 294 g/mol. The molecule has 1 aromatic heterocycles. The van der Waals surface area contributed by atoms with Crippen LogP contribution in [0.2, 0.25) is 0 Å². The highest BCUT2D eigenvalue weighted by Gasteiger charge is 2.19. The zero-order valence-corrected chi connectivity index (χ0v) is 13.7. The third-order valence-corrected chi connectivity index (χ3v) is 4.82. The molecule has 22 heavy (non-hydrogen) atoms. The van der Waals surface area contributed by atoms with Crippen LogP contribution in [0.3, 0.4) is 0 Å². The minimum absolute atomic E-state index is 0.190. The monoisotopic (exact) mass is 315 g/mol. The lowest BCUT2D eigenvalue weighted by Gasteiger charge is -2.17. The molecule has 1 aliphatic rings. The molecule has 0 spiro atoms. The van der Waals surface area contributed by atoms with Crippen LogP contribution >= 0.6 is 11.3 Å². The van der Waals surface area contributed by atoms with E-state index in [1.165, 1.54) is 29.7 Å². The van der Waals surface area contributed by atoms with Crippen LogP contribution in [0.5, 0.6) is 5.75 Å². The topological polar surface area (TPSA) is 39.2 Å².